The number of hydrogen-bond donors (Lipinski definition) is 1. The Morgan fingerprint density at radius 3 is 1.68 bits per heavy atom. The first-order valence-corrected chi connectivity index (χ1v) is 23.0. The average molecular weight is 827 g/mol. The lowest BCUT2D eigenvalue weighted by Crippen LogP contribution is -2.46. The number of ketones is 2. The van der Waals surface area contributed by atoms with Crippen molar-refractivity contribution in [2.45, 2.75) is 202 Å². The Hall–Kier alpha value is -3.61. The summed E-state index contributed by atoms with van der Waals surface area (Å²) in [7, 11) is 0. The molecule has 1 heterocycles. The second-order valence-corrected chi connectivity index (χ2v) is 19.2. The maximum absolute atomic E-state index is 13.3. The highest BCUT2D eigenvalue weighted by atomic mass is 16.6. The molecule has 0 bridgehead atoms. The number of rotatable bonds is 28. The lowest BCUT2D eigenvalue weighted by atomic mass is 9.63. The molecule has 6 nitrogen and oxygen atoms in total. The van der Waals surface area contributed by atoms with Gasteiger partial charge in [-0.15, -0.1) is 0 Å². The molecule has 334 valence electrons. The van der Waals surface area contributed by atoms with E-state index in [0.717, 1.165) is 48.0 Å². The first-order valence-electron chi connectivity index (χ1n) is 23.0. The molecule has 1 saturated heterocycles. The van der Waals surface area contributed by atoms with Gasteiger partial charge in [0.05, 0.1) is 6.10 Å². The van der Waals surface area contributed by atoms with Crippen LogP contribution in [0.4, 0.5) is 0 Å². The van der Waals surface area contributed by atoms with Crippen molar-refractivity contribution < 1.29 is 29.0 Å². The zero-order valence-corrected chi connectivity index (χ0v) is 39.5. The molecule has 0 aromatic carbocycles. The van der Waals surface area contributed by atoms with E-state index in [9.17, 15) is 19.5 Å². The van der Waals surface area contributed by atoms with E-state index >= 15 is 0 Å². The molecule has 6 heteroatoms. The van der Waals surface area contributed by atoms with Crippen molar-refractivity contribution in [3.63, 3.8) is 0 Å². The Labute approximate surface area is 365 Å². The van der Waals surface area contributed by atoms with E-state index < -0.39 is 11.5 Å². The van der Waals surface area contributed by atoms with Gasteiger partial charge in [0.2, 0.25) is 0 Å². The van der Waals surface area contributed by atoms with E-state index in [-0.39, 0.29) is 46.7 Å². The van der Waals surface area contributed by atoms with E-state index in [2.05, 4.69) is 78.0 Å². The standard InChI is InChI=1S/C54H82O6/c1-12-13-14-15-16-17-18-19-20-21-22-33-50(58)59-48(38-46(6)55)41-51(7,8)49(57)35-34-44(4)31-25-29-42(2)27-23-24-28-43(3)30-26-32-45(5)36-37-54-52(9,10)39-47(56)40-53(54,11)60-54/h23-32,34-37,47-48,56H,12-22,33,38-41H2,1-11H3/b24-23+,29-25+,30-26+,35-34+,37-36-,42-27+,43-28+,44-31+,45-32-/t47-,48+,53+,54-/m0/s1. The summed E-state index contributed by atoms with van der Waals surface area (Å²) in [6.07, 6.45) is 42.6. The largest absolute Gasteiger partial charge is 0.462 e. The third kappa shape index (κ3) is 19.0. The van der Waals surface area contributed by atoms with Gasteiger partial charge < -0.3 is 14.6 Å². The number of esters is 1. The summed E-state index contributed by atoms with van der Waals surface area (Å²) in [5, 5.41) is 10.3. The molecular weight excluding hydrogens is 745 g/mol. The highest BCUT2D eigenvalue weighted by molar-refractivity contribution is 5.94. The maximum atomic E-state index is 13.3. The molecular formula is C54H82O6. The van der Waals surface area contributed by atoms with Crippen LogP contribution in [0.2, 0.25) is 0 Å². The third-order valence-corrected chi connectivity index (χ3v) is 12.1. The molecule has 0 aromatic heterocycles. The highest BCUT2D eigenvalue weighted by Crippen LogP contribution is 2.66. The number of carbonyl (C=O) groups excluding carboxylic acids is 3. The van der Waals surface area contributed by atoms with Crippen LogP contribution >= 0.6 is 0 Å². The summed E-state index contributed by atoms with van der Waals surface area (Å²) in [5.74, 6) is -0.413. The molecule has 1 N–H and O–H groups in total. The first kappa shape index (κ1) is 52.5. The van der Waals surface area contributed by atoms with E-state index in [1.807, 2.05) is 64.2 Å². The molecule has 1 aliphatic carbocycles. The van der Waals surface area contributed by atoms with E-state index in [0.29, 0.717) is 19.3 Å². The topological polar surface area (TPSA) is 93.2 Å². The van der Waals surface area contributed by atoms with Crippen molar-refractivity contribution in [2.24, 2.45) is 10.8 Å². The summed E-state index contributed by atoms with van der Waals surface area (Å²) in [6.45, 7) is 22.1. The molecule has 0 unspecified atom stereocenters. The second kappa shape index (κ2) is 26.0. The lowest BCUT2D eigenvalue weighted by Gasteiger charge is -2.39. The molecule has 4 atom stereocenters. The summed E-state index contributed by atoms with van der Waals surface area (Å²) < 4.78 is 12.0. The molecule has 2 aliphatic rings. The van der Waals surface area contributed by atoms with Crippen LogP contribution in [-0.4, -0.2) is 46.1 Å². The van der Waals surface area contributed by atoms with Gasteiger partial charge in [0.25, 0.3) is 0 Å². The number of fused-ring (bicyclic) bond motifs is 1. The number of allylic oxidation sites excluding steroid dienone is 17. The summed E-state index contributed by atoms with van der Waals surface area (Å²) in [6, 6.07) is 0. The van der Waals surface area contributed by atoms with Crippen molar-refractivity contribution in [2.75, 3.05) is 0 Å². The fourth-order valence-electron chi connectivity index (χ4n) is 8.42. The van der Waals surface area contributed by atoms with Crippen molar-refractivity contribution >= 4 is 17.5 Å². The normalized spacial score (nSPS) is 23.4. The van der Waals surface area contributed by atoms with Crippen molar-refractivity contribution in [1.29, 1.82) is 0 Å². The molecule has 1 saturated carbocycles. The van der Waals surface area contributed by atoms with Crippen LogP contribution < -0.4 is 0 Å². The molecule has 1 aliphatic heterocycles. The fourth-order valence-corrected chi connectivity index (χ4v) is 8.42. The van der Waals surface area contributed by atoms with Crippen LogP contribution in [0.15, 0.2) is 107 Å². The number of ether oxygens (including phenoxy) is 2. The molecule has 2 fully saturated rings. The van der Waals surface area contributed by atoms with Gasteiger partial charge in [-0.2, -0.15) is 0 Å². The monoisotopic (exact) mass is 827 g/mol. The Kier molecular flexibility index (Phi) is 22.8. The molecule has 0 aromatic rings. The average Bonchev–Trinajstić information content (AvgIpc) is 3.78. The van der Waals surface area contributed by atoms with Gasteiger partial charge in [-0.3, -0.25) is 14.4 Å². The van der Waals surface area contributed by atoms with Gasteiger partial charge in [-0.1, -0.05) is 194 Å². The number of aliphatic hydroxyl groups is 1. The van der Waals surface area contributed by atoms with Crippen LogP contribution in [0.5, 0.6) is 0 Å². The maximum Gasteiger partial charge on any atom is 0.306 e. The van der Waals surface area contributed by atoms with Gasteiger partial charge in [-0.05, 0) is 73.0 Å². The van der Waals surface area contributed by atoms with Crippen LogP contribution in [0, 0.1) is 10.8 Å². The molecule has 0 spiro atoms. The molecule has 0 radical (unpaired) electrons. The van der Waals surface area contributed by atoms with Gasteiger partial charge >= 0.3 is 5.97 Å². The lowest BCUT2D eigenvalue weighted by molar-refractivity contribution is -0.152. The van der Waals surface area contributed by atoms with Gasteiger partial charge in [0.1, 0.15) is 23.1 Å². The minimum Gasteiger partial charge on any atom is -0.462 e. The fraction of sp³-hybridized carbons (Fsp3) is 0.611. The van der Waals surface area contributed by atoms with Crippen LogP contribution in [0.25, 0.3) is 0 Å². The molecule has 60 heavy (non-hydrogen) atoms. The van der Waals surface area contributed by atoms with Crippen LogP contribution in [0.1, 0.15) is 179 Å². The van der Waals surface area contributed by atoms with E-state index in [1.165, 1.54) is 58.3 Å². The van der Waals surface area contributed by atoms with Crippen molar-refractivity contribution in [3.8, 4) is 0 Å². The third-order valence-electron chi connectivity index (χ3n) is 12.1. The minimum absolute atomic E-state index is 0.0575. The summed E-state index contributed by atoms with van der Waals surface area (Å²) in [5.41, 5.74) is 2.76. The van der Waals surface area contributed by atoms with Gasteiger partial charge in [0, 0.05) is 30.1 Å². The second-order valence-electron chi connectivity index (χ2n) is 19.2. The number of epoxide rings is 1. The Bertz CT molecular complexity index is 1670. The zero-order chi connectivity index (χ0) is 44.8. The Morgan fingerprint density at radius 1 is 0.683 bits per heavy atom. The van der Waals surface area contributed by atoms with E-state index in [1.54, 1.807) is 12.2 Å². The summed E-state index contributed by atoms with van der Waals surface area (Å²) in [4.78, 5) is 38.0. The number of Topliss-reactive ketones (excluding diaryl/α,β-unsaturated/α-hetero) is 1. The quantitative estimate of drug-likeness (QED) is 0.0278. The SMILES string of the molecule is CCCCCCCCCCCCCC(=O)O[C@H](CC(C)=O)CC(C)(C)C(=O)/C=C/C(C)=C/C=C/C(C)=C/C=C/C=C(C)/C=C/C=C(C)\C=C/[C@@]12O[C@]1(C)C[C@@H](O)CC2(C)C. The smallest absolute Gasteiger partial charge is 0.306 e. The predicted octanol–water partition coefficient (Wildman–Crippen LogP) is 13.8. The van der Waals surface area contributed by atoms with E-state index in [4.69, 9.17) is 9.47 Å². The van der Waals surface area contributed by atoms with Crippen molar-refractivity contribution in [3.05, 3.63) is 107 Å². The zero-order valence-electron chi connectivity index (χ0n) is 39.5. The van der Waals surface area contributed by atoms with Crippen LogP contribution in [-0.2, 0) is 23.9 Å². The minimum atomic E-state index is -0.794. The highest BCUT2D eigenvalue weighted by Gasteiger charge is 2.74. The van der Waals surface area contributed by atoms with Gasteiger partial charge in [0.15, 0.2) is 5.78 Å². The molecule has 2 rings (SSSR count). The molecule has 0 amide bonds. The predicted molar refractivity (Wildman–Crippen MR) is 252 cm³/mol. The number of aliphatic hydroxyl groups excluding tert-OH is 1. The van der Waals surface area contributed by atoms with Crippen LogP contribution in [0.3, 0.4) is 0 Å². The Morgan fingerprint density at radius 2 is 1.17 bits per heavy atom. The number of carbonyl (C=O) groups is 3. The number of hydrogen-bond acceptors (Lipinski definition) is 6. The summed E-state index contributed by atoms with van der Waals surface area (Å²) >= 11 is 0. The van der Waals surface area contributed by atoms with Crippen molar-refractivity contribution in [1.82, 2.24) is 0 Å². The number of unbranched alkanes of at least 4 members (excludes halogenated alkanes) is 10. The first-order chi connectivity index (χ1) is 28.3. The Balaban J connectivity index is 1.80. The van der Waals surface area contributed by atoms with Gasteiger partial charge in [-0.25, -0.2) is 0 Å².